The van der Waals surface area contributed by atoms with Crippen LogP contribution >= 0.6 is 0 Å². The van der Waals surface area contributed by atoms with Crippen molar-refractivity contribution in [3.63, 3.8) is 0 Å². The third kappa shape index (κ3) is 10.5. The van der Waals surface area contributed by atoms with Crippen LogP contribution < -0.4 is 16.7 Å². The van der Waals surface area contributed by atoms with Gasteiger partial charge in [0.05, 0.1) is 17.6 Å². The first kappa shape index (κ1) is 46.6. The molecule has 348 valence electrons. The second-order valence-corrected chi connectivity index (χ2v) is 18.5. The van der Waals surface area contributed by atoms with E-state index in [1.54, 1.807) is 22.6 Å². The van der Waals surface area contributed by atoms with Crippen molar-refractivity contribution in [2.45, 2.75) is 89.8 Å². The van der Waals surface area contributed by atoms with Gasteiger partial charge in [0.25, 0.3) is 0 Å². The van der Waals surface area contributed by atoms with Gasteiger partial charge in [-0.3, -0.25) is 23.6 Å². The zero-order valence-corrected chi connectivity index (χ0v) is 38.6. The fraction of sp³-hybridized carbons (Fsp3) is 0.472. The molecule has 0 saturated carbocycles. The second-order valence-electron chi connectivity index (χ2n) is 18.5. The first-order valence-electron chi connectivity index (χ1n) is 23.9. The lowest BCUT2D eigenvalue weighted by Crippen LogP contribution is -2.41. The summed E-state index contributed by atoms with van der Waals surface area (Å²) >= 11 is 0. The number of hydrogen-bond acceptors (Lipinski definition) is 7. The molecule has 1 aromatic heterocycles. The summed E-state index contributed by atoms with van der Waals surface area (Å²) in [5.74, 6) is 6.93. The maximum absolute atomic E-state index is 13.6. The van der Waals surface area contributed by atoms with Gasteiger partial charge in [0.15, 0.2) is 0 Å². The standard InChI is InChI=1S/C53H64FN7O5/c1-4-47(50(55)62)61-48-18-16-42(34-49(48)57(3)52(61)64)39-21-30-60(31-22-39)53(65)66-32-8-25-58-26-19-37(20-27-58)13-14-40-15-17-44(46-12-6-5-11-45(40)46)36(2)59-28-23-41(24-29-59)51(63)56-35-38-9-7-10-43(54)33-38/h5-7,9-12,15-18,33-34,36-37,39,41,47H,4,8,19-32,35H2,1-3H3,(H2,55,62)(H,56,63). The van der Waals surface area contributed by atoms with E-state index in [-0.39, 0.29) is 41.4 Å². The molecule has 4 heterocycles. The van der Waals surface area contributed by atoms with Gasteiger partial charge in [0.2, 0.25) is 11.8 Å². The summed E-state index contributed by atoms with van der Waals surface area (Å²) in [6.07, 6.45) is 6.17. The minimum atomic E-state index is -0.693. The van der Waals surface area contributed by atoms with Crippen LogP contribution in [0.5, 0.6) is 0 Å². The van der Waals surface area contributed by atoms with E-state index < -0.39 is 11.9 Å². The molecular weight excluding hydrogens is 834 g/mol. The first-order chi connectivity index (χ1) is 32.0. The fourth-order valence-electron chi connectivity index (χ4n) is 10.4. The summed E-state index contributed by atoms with van der Waals surface area (Å²) < 4.78 is 22.4. The summed E-state index contributed by atoms with van der Waals surface area (Å²) in [5.41, 5.74) is 11.1. The van der Waals surface area contributed by atoms with Gasteiger partial charge in [-0.1, -0.05) is 67.3 Å². The Morgan fingerprint density at radius 1 is 0.864 bits per heavy atom. The normalized spacial score (nSPS) is 17.9. The van der Waals surface area contributed by atoms with Gasteiger partial charge in [0.1, 0.15) is 11.9 Å². The number of primary amides is 1. The molecule has 3 aliphatic rings. The molecular formula is C53H64FN7O5. The minimum Gasteiger partial charge on any atom is -0.449 e. The van der Waals surface area contributed by atoms with E-state index in [2.05, 4.69) is 70.3 Å². The van der Waals surface area contributed by atoms with Crippen molar-refractivity contribution < 1.29 is 23.5 Å². The SMILES string of the molecule is CCC(C(N)=O)n1c(=O)n(C)c2cc(C3CCN(C(=O)OCCCN4CCC(C#Cc5ccc(C(C)N6CCC(C(=O)NCc7cccc(F)c7)CC6)c6ccccc56)CC4)CC3)ccc21. The molecule has 0 radical (unpaired) electrons. The molecule has 3 amide bonds. The van der Waals surface area contributed by atoms with Gasteiger partial charge >= 0.3 is 11.8 Å². The second kappa shape index (κ2) is 21.1. The van der Waals surface area contributed by atoms with Crippen LogP contribution in [0.2, 0.25) is 0 Å². The molecule has 0 spiro atoms. The summed E-state index contributed by atoms with van der Waals surface area (Å²) in [6, 6.07) is 24.8. The van der Waals surface area contributed by atoms with E-state index in [1.165, 1.54) is 33.0 Å². The third-order valence-corrected chi connectivity index (χ3v) is 14.4. The highest BCUT2D eigenvalue weighted by Gasteiger charge is 2.30. The summed E-state index contributed by atoms with van der Waals surface area (Å²) in [6.45, 7) is 10.5. The Morgan fingerprint density at radius 2 is 1.61 bits per heavy atom. The number of fused-ring (bicyclic) bond motifs is 2. The fourth-order valence-corrected chi connectivity index (χ4v) is 10.4. The highest BCUT2D eigenvalue weighted by Crippen LogP contribution is 2.34. The van der Waals surface area contributed by atoms with Gasteiger partial charge in [-0.25, -0.2) is 14.0 Å². The van der Waals surface area contributed by atoms with Crippen molar-refractivity contribution in [3.8, 4) is 11.8 Å². The van der Waals surface area contributed by atoms with Crippen LogP contribution in [0.4, 0.5) is 9.18 Å². The number of piperidine rings is 3. The molecule has 2 atom stereocenters. The Balaban J connectivity index is 0.754. The van der Waals surface area contributed by atoms with E-state index in [0.29, 0.717) is 44.1 Å². The van der Waals surface area contributed by atoms with Crippen molar-refractivity contribution in [1.29, 1.82) is 0 Å². The maximum Gasteiger partial charge on any atom is 0.409 e. The predicted molar refractivity (Wildman–Crippen MR) is 256 cm³/mol. The number of aromatic nitrogens is 2. The van der Waals surface area contributed by atoms with E-state index in [0.717, 1.165) is 99.9 Å². The molecule has 2 unspecified atom stereocenters. The molecule has 4 aromatic carbocycles. The Bertz CT molecular complexity index is 2660. The van der Waals surface area contributed by atoms with Crippen molar-refractivity contribution in [2.24, 2.45) is 24.6 Å². The molecule has 3 aliphatic heterocycles. The quantitative estimate of drug-likeness (QED) is 0.0918. The zero-order valence-electron chi connectivity index (χ0n) is 38.6. The van der Waals surface area contributed by atoms with Crippen LogP contribution in [0, 0.1) is 29.5 Å². The minimum absolute atomic E-state index is 0.0423. The largest absolute Gasteiger partial charge is 0.449 e. The van der Waals surface area contributed by atoms with Crippen LogP contribution in [0.1, 0.15) is 105 Å². The number of likely N-dealkylation sites (tertiary alicyclic amines) is 3. The van der Waals surface area contributed by atoms with Crippen molar-refractivity contribution in [1.82, 2.24) is 29.2 Å². The third-order valence-electron chi connectivity index (χ3n) is 14.4. The Kier molecular flexibility index (Phi) is 14.9. The van der Waals surface area contributed by atoms with Crippen molar-refractivity contribution in [3.05, 3.63) is 117 Å². The van der Waals surface area contributed by atoms with Crippen molar-refractivity contribution in [2.75, 3.05) is 52.4 Å². The molecule has 3 saturated heterocycles. The first-order valence-corrected chi connectivity index (χ1v) is 23.9. The Labute approximate surface area is 387 Å². The van der Waals surface area contributed by atoms with Crippen LogP contribution in [0.15, 0.2) is 83.7 Å². The van der Waals surface area contributed by atoms with Gasteiger partial charge in [0, 0.05) is 56.7 Å². The number of nitrogens with one attached hydrogen (secondary N) is 1. The molecule has 12 nitrogen and oxygen atoms in total. The molecule has 13 heteroatoms. The summed E-state index contributed by atoms with van der Waals surface area (Å²) in [7, 11) is 1.72. The molecule has 0 aliphatic carbocycles. The van der Waals surface area contributed by atoms with Crippen LogP contribution in [0.25, 0.3) is 21.8 Å². The molecule has 66 heavy (non-hydrogen) atoms. The number of benzene rings is 4. The number of carbonyl (C=O) groups excluding carboxylic acids is 3. The number of hydrogen-bond donors (Lipinski definition) is 2. The Morgan fingerprint density at radius 3 is 2.32 bits per heavy atom. The average Bonchev–Trinajstić information content (AvgIpc) is 3.58. The number of rotatable bonds is 13. The van der Waals surface area contributed by atoms with E-state index in [1.807, 2.05) is 31.2 Å². The van der Waals surface area contributed by atoms with Gasteiger partial charge < -0.3 is 25.6 Å². The summed E-state index contributed by atoms with van der Waals surface area (Å²) in [5, 5.41) is 5.40. The van der Waals surface area contributed by atoms with Crippen LogP contribution in [0.3, 0.4) is 0 Å². The zero-order chi connectivity index (χ0) is 46.3. The van der Waals surface area contributed by atoms with Gasteiger partial charge in [-0.15, -0.1) is 0 Å². The number of carbonyl (C=O) groups is 3. The number of nitrogens with two attached hydrogens (primary N) is 1. The topological polar surface area (TPSA) is 135 Å². The Hall–Kier alpha value is -5.97. The molecule has 8 rings (SSSR count). The highest BCUT2D eigenvalue weighted by molar-refractivity contribution is 5.91. The number of ether oxygens (including phenoxy) is 1. The monoisotopic (exact) mass is 897 g/mol. The lowest BCUT2D eigenvalue weighted by atomic mass is 9.89. The highest BCUT2D eigenvalue weighted by atomic mass is 19.1. The lowest BCUT2D eigenvalue weighted by molar-refractivity contribution is -0.126. The summed E-state index contributed by atoms with van der Waals surface area (Å²) in [4.78, 5) is 57.8. The predicted octanol–water partition coefficient (Wildman–Crippen LogP) is 7.63. The van der Waals surface area contributed by atoms with Crippen molar-refractivity contribution >= 4 is 39.7 Å². The van der Waals surface area contributed by atoms with Crippen LogP contribution in [-0.4, -0.2) is 94.2 Å². The number of halogens is 1. The molecule has 5 aromatic rings. The van der Waals surface area contributed by atoms with Gasteiger partial charge in [-0.2, -0.15) is 0 Å². The smallest absolute Gasteiger partial charge is 0.409 e. The number of nitrogens with zero attached hydrogens (tertiary/aromatic N) is 5. The number of imidazole rings is 1. The van der Waals surface area contributed by atoms with Crippen LogP contribution in [-0.2, 0) is 27.9 Å². The molecule has 3 fully saturated rings. The maximum atomic E-state index is 13.6. The average molecular weight is 898 g/mol. The van der Waals surface area contributed by atoms with Gasteiger partial charge in [-0.05, 0) is 148 Å². The number of amides is 3. The molecule has 0 bridgehead atoms. The lowest BCUT2D eigenvalue weighted by Gasteiger charge is -2.36. The van der Waals surface area contributed by atoms with E-state index in [9.17, 15) is 23.6 Å². The van der Waals surface area contributed by atoms with E-state index in [4.69, 9.17) is 10.5 Å². The number of aryl methyl sites for hydroxylation is 1. The molecule has 3 N–H and O–H groups in total. The van der Waals surface area contributed by atoms with E-state index >= 15 is 0 Å².